The highest BCUT2D eigenvalue weighted by molar-refractivity contribution is 7.74. The van der Waals surface area contributed by atoms with Gasteiger partial charge in [-0.1, -0.05) is 211 Å². The van der Waals surface area contributed by atoms with Gasteiger partial charge >= 0.3 is 45.8 Å². The molecule has 130 heavy (non-hydrogen) atoms. The number of likely N-dealkylation sites (tertiary alicyclic amines) is 1. The van der Waals surface area contributed by atoms with Gasteiger partial charge in [-0.3, -0.25) is 70.6 Å². The Bertz CT molecular complexity index is 5770. The molecule has 1 aliphatic rings. The Hall–Kier alpha value is -6.61. The van der Waals surface area contributed by atoms with Crippen LogP contribution in [0.3, 0.4) is 0 Å². The molecule has 1 saturated heterocycles. The Kier molecular flexibility index (Phi) is 47.5. The van der Waals surface area contributed by atoms with E-state index in [4.69, 9.17) is 97.3 Å². The average Bonchev–Trinajstić information content (AvgIpc) is 1.05. The summed E-state index contributed by atoms with van der Waals surface area (Å²) >= 11 is 29.7. The molecule has 0 radical (unpaired) electrons. The molecule has 3 heterocycles. The molecule has 9 aromatic rings. The van der Waals surface area contributed by atoms with Crippen molar-refractivity contribution in [2.75, 3.05) is 90.7 Å². The van der Waals surface area contributed by atoms with Crippen LogP contribution in [-0.2, 0) is 57.2 Å². The van der Waals surface area contributed by atoms with Crippen molar-refractivity contribution in [2.24, 2.45) is 0 Å². The normalized spacial score (nSPS) is 15.3. The molecule has 0 aliphatic carbocycles. The fourth-order valence-electron chi connectivity index (χ4n) is 11.0. The van der Waals surface area contributed by atoms with Crippen molar-refractivity contribution in [3.05, 3.63) is 246 Å². The van der Waals surface area contributed by atoms with Crippen molar-refractivity contribution in [2.45, 2.75) is 64.0 Å². The zero-order chi connectivity index (χ0) is 99.1. The van der Waals surface area contributed by atoms with Crippen molar-refractivity contribution in [1.29, 1.82) is 0 Å². The summed E-state index contributed by atoms with van der Waals surface area (Å²) in [6.45, 7) is 18.8. The first kappa shape index (κ1) is 118. The first-order valence-electron chi connectivity index (χ1n) is 37.7. The van der Waals surface area contributed by atoms with Gasteiger partial charge in [0, 0.05) is 74.6 Å². The van der Waals surface area contributed by atoms with E-state index in [9.17, 15) is 110 Å². The number of carbonyl (C=O) groups is 3. The number of carbonyl (C=O) groups excluding carboxylic acids is 1. The van der Waals surface area contributed by atoms with E-state index in [2.05, 4.69) is 28.4 Å². The number of thiazole rings is 1. The molecular formula is C78H101Cl5N6O31P9S+. The third kappa shape index (κ3) is 40.9. The van der Waals surface area contributed by atoms with Crippen LogP contribution >= 0.6 is 136 Å². The maximum atomic E-state index is 12.2. The number of aliphatic carboxylic acids is 2. The van der Waals surface area contributed by atoms with Crippen LogP contribution in [0.5, 0.6) is 11.5 Å². The molecule has 2 aromatic heterocycles. The lowest BCUT2D eigenvalue weighted by atomic mass is 10.0. The van der Waals surface area contributed by atoms with Gasteiger partial charge < -0.3 is 83.5 Å². The van der Waals surface area contributed by atoms with Crippen molar-refractivity contribution < 1.29 is 148 Å². The molecule has 714 valence electrons. The van der Waals surface area contributed by atoms with Gasteiger partial charge in [0.25, 0.3) is 5.69 Å². The van der Waals surface area contributed by atoms with Gasteiger partial charge in [-0.05, 0) is 110 Å². The molecule has 0 amide bonds. The smallest absolute Gasteiger partial charge is 0.367 e. The molecule has 0 spiro atoms. The van der Waals surface area contributed by atoms with Crippen molar-refractivity contribution >= 4 is 208 Å². The van der Waals surface area contributed by atoms with Gasteiger partial charge in [0.2, 0.25) is 49.3 Å². The Morgan fingerprint density at radius 2 is 1.11 bits per heavy atom. The molecule has 7 aromatic carbocycles. The fourth-order valence-corrected chi connectivity index (χ4v) is 22.6. The van der Waals surface area contributed by atoms with E-state index in [1.165, 1.54) is 106 Å². The number of aliphatic hydroxyl groups is 1. The van der Waals surface area contributed by atoms with E-state index >= 15 is 0 Å². The number of carboxylic acids is 2. The molecule has 7 atom stereocenters. The number of aromatic nitrogens is 2. The Labute approximate surface area is 778 Å². The number of fused-ring (bicyclic) bond motifs is 1. The van der Waals surface area contributed by atoms with Crippen LogP contribution in [0, 0.1) is 17.0 Å². The predicted molar refractivity (Wildman–Crippen MR) is 509 cm³/mol. The SMILES string of the molecule is C=C(c1cccc2ccccc12)P(C)(=O)O.C=C(c1ccccc1)P(C)(=O)O.CCCOc1ccccc1P(=O)(O)O.CP(=O)(O)CN1CCCCCC1.CP(=O)(O)c1c(Cl)c(Cl)nc(Cl)c1Cl.CP(=O)(O)c1cccc(Cl)c1C(=O)Oc1ccccc1.Cc1csc(Nc2ccc([N+](=O)[O-])cc2)[n+]1CCC(O)(P(C)(=O)O)P(=O)(O)O.O=C(O)CN(CC(=O)O)CP(=O)(O)O. The molecular weight excluding hydrogens is 2000 g/mol. The summed E-state index contributed by atoms with van der Waals surface area (Å²) in [6, 6.07) is 47.1. The number of nitro groups is 1. The monoisotopic (exact) mass is 2100 g/mol. The molecule has 1 aliphatic heterocycles. The number of rotatable bonds is 28. The number of pyridine rings is 1. The number of halogens is 5. The minimum atomic E-state index is -5.29. The zero-order valence-corrected chi connectivity index (χ0v) is 83.5. The maximum absolute atomic E-state index is 12.2. The van der Waals surface area contributed by atoms with Crippen LogP contribution in [0.15, 0.2) is 188 Å². The second-order valence-corrected chi connectivity index (χ2v) is 50.7. The summed E-state index contributed by atoms with van der Waals surface area (Å²) in [7, 11) is -35.0. The zero-order valence-electron chi connectivity index (χ0n) is 70.9. The number of benzene rings is 7. The quantitative estimate of drug-likeness (QED) is 0.00412. The second kappa shape index (κ2) is 52.5. The largest absolute Gasteiger partial charge is 0.493 e. The number of non-ortho nitro benzene ring substituents is 1. The van der Waals surface area contributed by atoms with E-state index in [0.29, 0.717) is 57.3 Å². The van der Waals surface area contributed by atoms with Gasteiger partial charge in [-0.15, -0.1) is 0 Å². The molecule has 0 bridgehead atoms. The van der Waals surface area contributed by atoms with E-state index in [1.807, 2.05) is 67.6 Å². The van der Waals surface area contributed by atoms with Crippen molar-refractivity contribution in [3.8, 4) is 11.5 Å². The maximum Gasteiger partial charge on any atom is 0.367 e. The minimum absolute atomic E-state index is 0.00840. The summed E-state index contributed by atoms with van der Waals surface area (Å²) < 4.78 is 114. The first-order valence-corrected chi connectivity index (χ1v) is 58.4. The third-order valence-electron chi connectivity index (χ3n) is 17.2. The number of nitro benzene ring substituents is 1. The number of anilines is 2. The van der Waals surface area contributed by atoms with Crippen LogP contribution in [0.1, 0.15) is 72.6 Å². The van der Waals surface area contributed by atoms with Gasteiger partial charge in [0.05, 0.1) is 68.7 Å². The number of aryl methyl sites for hydroxylation is 1. The molecule has 1 fully saturated rings. The molecule has 52 heteroatoms. The van der Waals surface area contributed by atoms with Gasteiger partial charge in [0.15, 0.2) is 0 Å². The number of hydrogen-bond acceptors (Lipinski definition) is 22. The van der Waals surface area contributed by atoms with Crippen LogP contribution in [0.25, 0.3) is 21.4 Å². The topological polar surface area (TPSA) is 605 Å². The summed E-state index contributed by atoms with van der Waals surface area (Å²) in [4.78, 5) is 160. The van der Waals surface area contributed by atoms with E-state index < -0.39 is 121 Å². The standard InChI is InChI=1S/C14H12ClO4P.C14H19N3O8P2S.C13H13O2P.C9H13O4P.C9H11O2P.C8H18NO2P.C6H4Cl4NO2P.C5H10NO7P/c1-20(17,18)12-9-5-8-11(15)13(12)14(16)19-10-6-3-2-4-7-10;1-10-9-28-13(15-11-3-5-12(6-4-11)17(19)20)16(10)8-7-14(18,26(2,21)22)27(23,24)25;1-10(16(2,14)15)12-9-5-7-11-6-3-4-8-13(11)12;1-2-7-13-8-5-3-4-6-9(8)14(10,11)12;1-8(12(2,10)11)9-6-4-3-5-7-9;1-12(10,11)8-9-6-4-2-3-5-7-9;1-14(12,13)4-2(7)5(9)11-6(10)3(4)8;7-4(8)1-6(2-5(9)10)3-14(11,12)13/h2-9H,1H3,(H,17,18);3-6,9,18H,7-8H2,1-2H3,(H3,21,22,23,24,25);3-9H,1H2,2H3,(H,14,15);3-6H,2,7H2,1H3,(H2,10,11,12);3-7H,1H2,2H3,(H,10,11);2-8H2,1H3,(H,10,11);1H3,(H,12,13);1-3H2,(H,7,8)(H,9,10)(H2,11,12,13)/p+1. The van der Waals surface area contributed by atoms with Gasteiger partial charge in [-0.25, -0.2) is 19.7 Å². The Morgan fingerprint density at radius 1 is 0.623 bits per heavy atom. The number of carboxylic acid groups (broad SMARTS) is 2. The lowest BCUT2D eigenvalue weighted by Gasteiger charge is -2.30. The lowest BCUT2D eigenvalue weighted by molar-refractivity contribution is -0.686. The molecule has 10 rings (SSSR count). The molecule has 16 N–H and O–H groups in total. The minimum Gasteiger partial charge on any atom is -0.493 e. The average molecular weight is 2110 g/mol. The Morgan fingerprint density at radius 3 is 1.57 bits per heavy atom. The number of nitrogens with zero attached hydrogens (tertiary/aromatic N) is 5. The predicted octanol–water partition coefficient (Wildman–Crippen LogP) is 16.3. The summed E-state index contributed by atoms with van der Waals surface area (Å²) in [6.07, 6.45) is 4.55. The van der Waals surface area contributed by atoms with Crippen LogP contribution < -0.4 is 35.3 Å². The highest BCUT2D eigenvalue weighted by Crippen LogP contribution is 2.69. The third-order valence-corrected chi connectivity index (χ3v) is 32.6. The Balaban J connectivity index is 0.000000390. The van der Waals surface area contributed by atoms with E-state index in [1.54, 1.807) is 77.5 Å². The molecule has 37 nitrogen and oxygen atoms in total. The first-order chi connectivity index (χ1) is 59.8. The van der Waals surface area contributed by atoms with Gasteiger partial charge in [-0.2, -0.15) is 0 Å². The number of hydrogen-bond donors (Lipinski definition) is 16. The van der Waals surface area contributed by atoms with Crippen molar-refractivity contribution in [1.82, 2.24) is 14.8 Å². The van der Waals surface area contributed by atoms with Crippen LogP contribution in [0.2, 0.25) is 25.4 Å². The van der Waals surface area contributed by atoms with Crippen LogP contribution in [0.4, 0.5) is 16.5 Å². The molecule has 0 saturated carbocycles. The summed E-state index contributed by atoms with van der Waals surface area (Å²) in [5.74, 6) is -2.85. The highest BCUT2D eigenvalue weighted by Gasteiger charge is 2.57. The lowest BCUT2D eigenvalue weighted by Crippen LogP contribution is -2.41. The fraction of sp³-hybridized carbons (Fsp3) is 0.295. The van der Waals surface area contributed by atoms with Gasteiger partial charge in [0.1, 0.15) is 44.8 Å². The molecule has 7 unspecified atom stereocenters. The number of para-hydroxylation sites is 2. The number of esters is 1. The van der Waals surface area contributed by atoms with Crippen LogP contribution in [-0.4, -0.2) is 202 Å². The number of ether oxygens (including phenoxy) is 2. The van der Waals surface area contributed by atoms with E-state index in [0.717, 1.165) is 54.7 Å². The van der Waals surface area contributed by atoms with Crippen molar-refractivity contribution in [3.63, 3.8) is 0 Å². The summed E-state index contributed by atoms with van der Waals surface area (Å²) in [5.41, 5.74) is 2.55. The highest BCUT2D eigenvalue weighted by atomic mass is 35.5. The second-order valence-electron chi connectivity index (χ2n) is 28.7. The van der Waals surface area contributed by atoms with E-state index in [-0.39, 0.29) is 64.8 Å². The summed E-state index contributed by atoms with van der Waals surface area (Å²) in [5, 5.41) is 41.7. The number of nitrogens with one attached hydrogen (secondary N) is 1.